The number of fused-ring (bicyclic) bond motifs is 2. The van der Waals surface area contributed by atoms with Crippen molar-refractivity contribution in [3.05, 3.63) is 54.1 Å². The predicted octanol–water partition coefficient (Wildman–Crippen LogP) is 2.17. The molecule has 1 N–H and O–H groups in total. The number of nitrogens with one attached hydrogen (secondary N) is 1. The van der Waals surface area contributed by atoms with Crippen LogP contribution in [0.3, 0.4) is 0 Å². The minimum Gasteiger partial charge on any atom is -0.493 e. The van der Waals surface area contributed by atoms with Gasteiger partial charge in [0.1, 0.15) is 11.5 Å². The molecule has 27 heavy (non-hydrogen) atoms. The number of anilines is 1. The molecule has 0 aromatic heterocycles. The number of ether oxygens (including phenoxy) is 2. The normalized spacial score (nSPS) is 18.0. The van der Waals surface area contributed by atoms with Crippen LogP contribution in [0.4, 0.5) is 5.69 Å². The van der Waals surface area contributed by atoms with Gasteiger partial charge in [-0.05, 0) is 30.2 Å². The summed E-state index contributed by atoms with van der Waals surface area (Å²) in [5.74, 6) is 1.68. The van der Waals surface area contributed by atoms with Gasteiger partial charge in [-0.15, -0.1) is 0 Å². The topological polar surface area (TPSA) is 67.9 Å². The van der Waals surface area contributed by atoms with Crippen molar-refractivity contribution in [3.63, 3.8) is 0 Å². The average Bonchev–Trinajstić information content (AvgIpc) is 2.71. The molecule has 0 saturated heterocycles. The highest BCUT2D eigenvalue weighted by molar-refractivity contribution is 5.98. The van der Waals surface area contributed by atoms with E-state index in [1.54, 1.807) is 4.90 Å². The van der Waals surface area contributed by atoms with E-state index < -0.39 is 0 Å². The van der Waals surface area contributed by atoms with Crippen LogP contribution in [0.25, 0.3) is 0 Å². The molecule has 0 spiro atoms. The molecule has 2 heterocycles. The molecule has 0 aliphatic carbocycles. The van der Waals surface area contributed by atoms with Crippen molar-refractivity contribution in [2.75, 3.05) is 31.2 Å². The van der Waals surface area contributed by atoms with Crippen LogP contribution in [-0.4, -0.2) is 38.1 Å². The van der Waals surface area contributed by atoms with E-state index in [0.717, 1.165) is 17.9 Å². The summed E-state index contributed by atoms with van der Waals surface area (Å²) in [6.45, 7) is 1.53. The highest BCUT2D eigenvalue weighted by atomic mass is 16.5. The molecule has 6 heteroatoms. The maximum absolute atomic E-state index is 12.3. The zero-order valence-electron chi connectivity index (χ0n) is 15.0. The minimum atomic E-state index is -0.126. The van der Waals surface area contributed by atoms with Gasteiger partial charge in [0, 0.05) is 25.4 Å². The minimum absolute atomic E-state index is 0.0114. The second kappa shape index (κ2) is 7.70. The zero-order valence-corrected chi connectivity index (χ0v) is 15.0. The number of amides is 2. The van der Waals surface area contributed by atoms with Gasteiger partial charge in [0.05, 0.1) is 12.3 Å². The summed E-state index contributed by atoms with van der Waals surface area (Å²) in [7, 11) is 0. The van der Waals surface area contributed by atoms with Crippen molar-refractivity contribution in [3.8, 4) is 11.5 Å². The number of carbonyl (C=O) groups is 2. The molecule has 6 nitrogen and oxygen atoms in total. The second-order valence-corrected chi connectivity index (χ2v) is 6.84. The Labute approximate surface area is 158 Å². The van der Waals surface area contributed by atoms with Crippen LogP contribution in [0, 0.1) is 5.92 Å². The fraction of sp³-hybridized carbons (Fsp3) is 0.333. The summed E-state index contributed by atoms with van der Waals surface area (Å²) in [6, 6.07) is 15.4. The number of benzene rings is 2. The zero-order chi connectivity index (χ0) is 18.6. The first-order valence-corrected chi connectivity index (χ1v) is 9.20. The van der Waals surface area contributed by atoms with Gasteiger partial charge in [-0.3, -0.25) is 9.59 Å². The Bertz CT molecular complexity index is 852. The molecular weight excluding hydrogens is 344 g/mol. The van der Waals surface area contributed by atoms with Gasteiger partial charge in [-0.25, -0.2) is 0 Å². The summed E-state index contributed by atoms with van der Waals surface area (Å²) in [5.41, 5.74) is 1.90. The van der Waals surface area contributed by atoms with Gasteiger partial charge < -0.3 is 19.7 Å². The van der Waals surface area contributed by atoms with E-state index in [1.165, 1.54) is 5.56 Å². The highest BCUT2D eigenvalue weighted by Gasteiger charge is 2.25. The lowest BCUT2D eigenvalue weighted by Crippen LogP contribution is -2.41. The fourth-order valence-electron chi connectivity index (χ4n) is 3.48. The van der Waals surface area contributed by atoms with Gasteiger partial charge in [0.25, 0.3) is 5.91 Å². The lowest BCUT2D eigenvalue weighted by Gasteiger charge is -2.29. The number of para-hydroxylation sites is 3. The Morgan fingerprint density at radius 1 is 1.07 bits per heavy atom. The van der Waals surface area contributed by atoms with Crippen molar-refractivity contribution < 1.29 is 19.1 Å². The maximum Gasteiger partial charge on any atom is 0.265 e. The number of hydrogen-bond acceptors (Lipinski definition) is 4. The third-order valence-electron chi connectivity index (χ3n) is 4.91. The Balaban J connectivity index is 1.28. The summed E-state index contributed by atoms with van der Waals surface area (Å²) in [5, 5.41) is 2.97. The molecule has 0 bridgehead atoms. The number of carbonyl (C=O) groups excluding carboxylic acids is 2. The predicted molar refractivity (Wildman–Crippen MR) is 101 cm³/mol. The average molecular weight is 366 g/mol. The molecule has 0 radical (unpaired) electrons. The summed E-state index contributed by atoms with van der Waals surface area (Å²) >= 11 is 0. The van der Waals surface area contributed by atoms with E-state index in [0.29, 0.717) is 25.4 Å². The second-order valence-electron chi connectivity index (χ2n) is 6.84. The number of nitrogens with zero attached hydrogens (tertiary/aromatic N) is 1. The molecule has 140 valence electrons. The van der Waals surface area contributed by atoms with E-state index in [2.05, 4.69) is 11.4 Å². The quantitative estimate of drug-likeness (QED) is 0.881. The molecule has 2 aromatic carbocycles. The molecule has 1 unspecified atom stereocenters. The number of rotatable bonds is 5. The molecule has 2 aliphatic rings. The largest absolute Gasteiger partial charge is 0.493 e. The smallest absolute Gasteiger partial charge is 0.265 e. The molecule has 4 rings (SSSR count). The van der Waals surface area contributed by atoms with Crippen molar-refractivity contribution >= 4 is 17.5 Å². The first-order chi connectivity index (χ1) is 13.2. The Kier molecular flexibility index (Phi) is 4.96. The van der Waals surface area contributed by atoms with Gasteiger partial charge >= 0.3 is 0 Å². The molecule has 0 fully saturated rings. The lowest BCUT2D eigenvalue weighted by atomic mass is 9.97. The van der Waals surface area contributed by atoms with Crippen LogP contribution < -0.4 is 19.7 Å². The van der Waals surface area contributed by atoms with Gasteiger partial charge in [0.2, 0.25) is 5.91 Å². The Morgan fingerprint density at radius 3 is 2.74 bits per heavy atom. The fourth-order valence-corrected chi connectivity index (χ4v) is 3.48. The Hall–Kier alpha value is -3.02. The summed E-state index contributed by atoms with van der Waals surface area (Å²) in [6.07, 6.45) is 1.15. The summed E-state index contributed by atoms with van der Waals surface area (Å²) < 4.78 is 11.2. The first kappa shape index (κ1) is 17.4. The monoisotopic (exact) mass is 366 g/mol. The van der Waals surface area contributed by atoms with E-state index in [1.807, 2.05) is 42.5 Å². The SMILES string of the molecule is O=C(CCN1C(=O)COc2ccccc21)NCC1COc2ccccc2C1. The maximum atomic E-state index is 12.3. The molecule has 2 aromatic rings. The molecule has 2 aliphatic heterocycles. The molecule has 0 saturated carbocycles. The standard InChI is InChI=1S/C21H22N2O4/c24-20(22-12-15-11-16-5-1-3-7-18(16)26-13-15)9-10-23-17-6-2-4-8-19(17)27-14-21(23)25/h1-8,15H,9-14H2,(H,22,24). The van der Waals surface area contributed by atoms with Crippen molar-refractivity contribution in [1.29, 1.82) is 0 Å². The third-order valence-corrected chi connectivity index (χ3v) is 4.91. The highest BCUT2D eigenvalue weighted by Crippen LogP contribution is 2.31. The van der Waals surface area contributed by atoms with Crippen molar-refractivity contribution in [2.45, 2.75) is 12.8 Å². The molecule has 1 atom stereocenters. The lowest BCUT2D eigenvalue weighted by molar-refractivity contribution is -0.122. The molecular formula is C21H22N2O4. The summed E-state index contributed by atoms with van der Waals surface area (Å²) in [4.78, 5) is 26.0. The van der Waals surface area contributed by atoms with Gasteiger partial charge in [-0.1, -0.05) is 30.3 Å². The van der Waals surface area contributed by atoms with E-state index in [4.69, 9.17) is 9.47 Å². The van der Waals surface area contributed by atoms with Crippen LogP contribution >= 0.6 is 0 Å². The molecule has 2 amide bonds. The van der Waals surface area contributed by atoms with E-state index in [-0.39, 0.29) is 30.8 Å². The van der Waals surface area contributed by atoms with Crippen LogP contribution in [0.1, 0.15) is 12.0 Å². The van der Waals surface area contributed by atoms with Crippen LogP contribution in [0.5, 0.6) is 11.5 Å². The van der Waals surface area contributed by atoms with Crippen molar-refractivity contribution in [1.82, 2.24) is 5.32 Å². The van der Waals surface area contributed by atoms with Crippen LogP contribution in [0.15, 0.2) is 48.5 Å². The third kappa shape index (κ3) is 3.89. The first-order valence-electron chi connectivity index (χ1n) is 9.20. The van der Waals surface area contributed by atoms with Crippen LogP contribution in [-0.2, 0) is 16.0 Å². The van der Waals surface area contributed by atoms with Gasteiger partial charge in [0.15, 0.2) is 6.61 Å². The van der Waals surface area contributed by atoms with Crippen LogP contribution in [0.2, 0.25) is 0 Å². The number of hydrogen-bond donors (Lipinski definition) is 1. The van der Waals surface area contributed by atoms with Gasteiger partial charge in [-0.2, -0.15) is 0 Å². The van der Waals surface area contributed by atoms with E-state index >= 15 is 0 Å². The Morgan fingerprint density at radius 2 is 1.85 bits per heavy atom. The van der Waals surface area contributed by atoms with Crippen molar-refractivity contribution in [2.24, 2.45) is 5.92 Å². The van der Waals surface area contributed by atoms with E-state index in [9.17, 15) is 9.59 Å².